The van der Waals surface area contributed by atoms with E-state index in [0.717, 1.165) is 9.87 Å². The predicted molar refractivity (Wildman–Crippen MR) is 149 cm³/mol. The average Bonchev–Trinajstić information content (AvgIpc) is 2.92. The Kier molecular flexibility index (Phi) is 9.77. The molecule has 0 saturated heterocycles. The fourth-order valence-corrected chi connectivity index (χ4v) is 5.62. The van der Waals surface area contributed by atoms with Crippen LogP contribution in [0.4, 0.5) is 5.69 Å². The van der Waals surface area contributed by atoms with Crippen LogP contribution in [0.3, 0.4) is 0 Å². The molecule has 0 spiro atoms. The molecule has 1 atom stereocenters. The summed E-state index contributed by atoms with van der Waals surface area (Å²) >= 11 is 6.37. The van der Waals surface area contributed by atoms with Crippen molar-refractivity contribution in [3.8, 4) is 5.75 Å². The van der Waals surface area contributed by atoms with Gasteiger partial charge in [-0.15, -0.1) is 0 Å². The van der Waals surface area contributed by atoms with E-state index >= 15 is 0 Å². The maximum atomic E-state index is 13.9. The van der Waals surface area contributed by atoms with Gasteiger partial charge in [0.05, 0.1) is 17.7 Å². The zero-order chi connectivity index (χ0) is 27.9. The molecule has 0 saturated carbocycles. The van der Waals surface area contributed by atoms with Crippen LogP contribution in [0.5, 0.6) is 5.75 Å². The van der Waals surface area contributed by atoms with Gasteiger partial charge in [0.2, 0.25) is 11.8 Å². The second kappa shape index (κ2) is 12.8. The number of amides is 2. The average molecular weight is 558 g/mol. The van der Waals surface area contributed by atoms with Crippen LogP contribution in [-0.2, 0) is 26.2 Å². The number of nitrogens with zero attached hydrogens (tertiary/aromatic N) is 2. The highest BCUT2D eigenvalue weighted by molar-refractivity contribution is 7.92. The van der Waals surface area contributed by atoms with Gasteiger partial charge in [0.1, 0.15) is 18.3 Å². The minimum Gasteiger partial charge on any atom is -0.497 e. The van der Waals surface area contributed by atoms with Crippen LogP contribution in [0.25, 0.3) is 0 Å². The summed E-state index contributed by atoms with van der Waals surface area (Å²) in [7, 11) is -1.14. The summed E-state index contributed by atoms with van der Waals surface area (Å²) in [5, 5.41) is 3.04. The number of carbonyl (C=O) groups excluding carboxylic acids is 2. The van der Waals surface area contributed by atoms with Crippen molar-refractivity contribution in [2.75, 3.05) is 25.0 Å². The lowest BCUT2D eigenvalue weighted by Crippen LogP contribution is -2.51. The van der Waals surface area contributed by atoms with Crippen LogP contribution in [0.1, 0.15) is 24.5 Å². The van der Waals surface area contributed by atoms with Crippen molar-refractivity contribution >= 4 is 39.1 Å². The lowest BCUT2D eigenvalue weighted by molar-refractivity contribution is -0.140. The molecule has 3 rings (SSSR count). The maximum absolute atomic E-state index is 13.9. The number of hydrogen-bond donors (Lipinski definition) is 1. The lowest BCUT2D eigenvalue weighted by atomic mass is 10.1. The van der Waals surface area contributed by atoms with Gasteiger partial charge in [0.15, 0.2) is 0 Å². The predicted octanol–water partition coefficient (Wildman–Crippen LogP) is 4.41. The first-order valence-corrected chi connectivity index (χ1v) is 13.9. The molecule has 2 amide bonds. The van der Waals surface area contributed by atoms with Crippen molar-refractivity contribution in [1.82, 2.24) is 10.2 Å². The number of ether oxygens (including phenoxy) is 1. The zero-order valence-electron chi connectivity index (χ0n) is 21.8. The third-order valence-electron chi connectivity index (χ3n) is 6.18. The van der Waals surface area contributed by atoms with Gasteiger partial charge >= 0.3 is 0 Å². The molecular weight excluding hydrogens is 526 g/mol. The third kappa shape index (κ3) is 6.65. The van der Waals surface area contributed by atoms with Gasteiger partial charge in [0.25, 0.3) is 10.0 Å². The molecular formula is C28H32ClN3O5S. The number of sulfonamides is 1. The van der Waals surface area contributed by atoms with E-state index < -0.39 is 28.5 Å². The molecule has 3 aromatic carbocycles. The highest BCUT2D eigenvalue weighted by Gasteiger charge is 2.33. The third-order valence-corrected chi connectivity index (χ3v) is 8.34. The molecule has 0 aromatic heterocycles. The molecule has 0 aliphatic rings. The van der Waals surface area contributed by atoms with Gasteiger partial charge in [0, 0.05) is 18.6 Å². The van der Waals surface area contributed by atoms with Crippen LogP contribution >= 0.6 is 11.6 Å². The molecule has 202 valence electrons. The number of hydrogen-bond acceptors (Lipinski definition) is 5. The minimum absolute atomic E-state index is 0.0332. The SMILES string of the molecule is CC[C@H](C(=O)NC)N(Cc1ccccc1Cl)C(=O)CN(c1ccc(OC)cc1)S(=O)(=O)c1ccc(C)cc1. The Labute approximate surface area is 229 Å². The summed E-state index contributed by atoms with van der Waals surface area (Å²) in [6.45, 7) is 3.15. The van der Waals surface area contributed by atoms with E-state index in [1.54, 1.807) is 67.6 Å². The summed E-state index contributed by atoms with van der Waals surface area (Å²) in [6.07, 6.45) is 0.323. The van der Waals surface area contributed by atoms with Gasteiger partial charge in [-0.1, -0.05) is 54.4 Å². The first-order chi connectivity index (χ1) is 18.1. The number of rotatable bonds is 11. The molecule has 38 heavy (non-hydrogen) atoms. The second-order valence-electron chi connectivity index (χ2n) is 8.67. The highest BCUT2D eigenvalue weighted by atomic mass is 35.5. The van der Waals surface area contributed by atoms with Crippen LogP contribution in [0.2, 0.25) is 5.02 Å². The number of carbonyl (C=O) groups is 2. The molecule has 0 aliphatic carbocycles. The molecule has 0 fully saturated rings. The zero-order valence-corrected chi connectivity index (χ0v) is 23.4. The van der Waals surface area contributed by atoms with Crippen molar-refractivity contribution in [1.29, 1.82) is 0 Å². The van der Waals surface area contributed by atoms with E-state index in [9.17, 15) is 18.0 Å². The Morgan fingerprint density at radius 2 is 1.63 bits per heavy atom. The highest BCUT2D eigenvalue weighted by Crippen LogP contribution is 2.27. The van der Waals surface area contributed by atoms with Crippen LogP contribution in [-0.4, -0.2) is 51.9 Å². The monoisotopic (exact) mass is 557 g/mol. The Balaban J connectivity index is 2.07. The fourth-order valence-electron chi connectivity index (χ4n) is 4.01. The first kappa shape index (κ1) is 29.0. The molecule has 0 unspecified atom stereocenters. The van der Waals surface area contributed by atoms with Crippen molar-refractivity contribution in [2.45, 2.75) is 37.8 Å². The van der Waals surface area contributed by atoms with Crippen LogP contribution in [0.15, 0.2) is 77.7 Å². The Morgan fingerprint density at radius 1 is 1.00 bits per heavy atom. The number of likely N-dealkylation sites (N-methyl/N-ethyl adjacent to an activating group) is 1. The van der Waals surface area contributed by atoms with E-state index in [1.165, 1.54) is 31.2 Å². The first-order valence-electron chi connectivity index (χ1n) is 12.1. The van der Waals surface area contributed by atoms with Crippen molar-refractivity contribution in [2.24, 2.45) is 0 Å². The quantitative estimate of drug-likeness (QED) is 0.377. The van der Waals surface area contributed by atoms with Gasteiger partial charge in [-0.05, 0) is 61.4 Å². The van der Waals surface area contributed by atoms with Crippen molar-refractivity contribution in [3.63, 3.8) is 0 Å². The van der Waals surface area contributed by atoms with Crippen LogP contribution in [0, 0.1) is 6.92 Å². The van der Waals surface area contributed by atoms with Gasteiger partial charge in [-0.25, -0.2) is 8.42 Å². The summed E-state index contributed by atoms with van der Waals surface area (Å²) in [4.78, 5) is 28.1. The maximum Gasteiger partial charge on any atom is 0.264 e. The summed E-state index contributed by atoms with van der Waals surface area (Å²) in [5.74, 6) is -0.365. The van der Waals surface area contributed by atoms with Crippen molar-refractivity contribution < 1.29 is 22.7 Å². The van der Waals surface area contributed by atoms with Crippen LogP contribution < -0.4 is 14.4 Å². The second-order valence-corrected chi connectivity index (χ2v) is 10.9. The molecule has 1 N–H and O–H groups in total. The summed E-state index contributed by atoms with van der Waals surface area (Å²) in [6, 6.07) is 19.0. The number of nitrogens with one attached hydrogen (secondary N) is 1. The normalized spacial score (nSPS) is 11.9. The standard InChI is InChI=1S/C28H32ClN3O5S/c1-5-26(28(34)30-3)31(18-21-8-6-7-9-25(21)29)27(33)19-32(22-12-14-23(37-4)15-13-22)38(35,36)24-16-10-20(2)11-17-24/h6-17,26H,5,18-19H2,1-4H3,(H,30,34)/t26-/m1/s1. The van der Waals surface area contributed by atoms with Gasteiger partial charge in [-0.2, -0.15) is 0 Å². The van der Waals surface area contributed by atoms with Crippen molar-refractivity contribution in [3.05, 3.63) is 88.9 Å². The molecule has 3 aromatic rings. The van der Waals surface area contributed by atoms with Gasteiger partial charge in [-0.3, -0.25) is 13.9 Å². The molecule has 8 nitrogen and oxygen atoms in total. The van der Waals surface area contributed by atoms with E-state index in [4.69, 9.17) is 16.3 Å². The topological polar surface area (TPSA) is 96.0 Å². The molecule has 0 bridgehead atoms. The van der Waals surface area contributed by atoms with E-state index in [1.807, 2.05) is 6.92 Å². The smallest absolute Gasteiger partial charge is 0.264 e. The van der Waals surface area contributed by atoms with E-state index in [0.29, 0.717) is 22.8 Å². The number of methoxy groups -OCH3 is 1. The number of benzene rings is 3. The molecule has 10 heteroatoms. The number of anilines is 1. The largest absolute Gasteiger partial charge is 0.497 e. The van der Waals surface area contributed by atoms with Gasteiger partial charge < -0.3 is 15.0 Å². The number of aryl methyl sites for hydroxylation is 1. The summed E-state index contributed by atoms with van der Waals surface area (Å²) < 4.78 is 33.9. The number of halogens is 1. The van der Waals surface area contributed by atoms with E-state index in [-0.39, 0.29) is 23.0 Å². The Hall–Kier alpha value is -3.56. The Bertz CT molecular complexity index is 1360. The Morgan fingerprint density at radius 3 is 2.18 bits per heavy atom. The molecule has 0 heterocycles. The summed E-state index contributed by atoms with van der Waals surface area (Å²) in [5.41, 5.74) is 1.82. The van der Waals surface area contributed by atoms with E-state index in [2.05, 4.69) is 5.32 Å². The lowest BCUT2D eigenvalue weighted by Gasteiger charge is -2.33. The molecule has 0 radical (unpaired) electrons. The fraction of sp³-hybridized carbons (Fsp3) is 0.286. The molecule has 0 aliphatic heterocycles. The minimum atomic E-state index is -4.14.